The van der Waals surface area contributed by atoms with E-state index < -0.39 is 0 Å². The van der Waals surface area contributed by atoms with E-state index in [1.54, 1.807) is 7.11 Å². The van der Waals surface area contributed by atoms with Gasteiger partial charge in [-0.3, -0.25) is 0 Å². The highest BCUT2D eigenvalue weighted by Gasteiger charge is 2.11. The molecule has 1 unspecified atom stereocenters. The molecule has 0 heterocycles. The van der Waals surface area contributed by atoms with E-state index in [9.17, 15) is 0 Å². The molecule has 72 valence electrons. The molecule has 0 amide bonds. The topological polar surface area (TPSA) is 9.23 Å². The van der Waals surface area contributed by atoms with Crippen LogP contribution in [0.25, 0.3) is 0 Å². The summed E-state index contributed by atoms with van der Waals surface area (Å²) >= 11 is 9.55. The summed E-state index contributed by atoms with van der Waals surface area (Å²) in [4.78, 5) is 0. The molecule has 0 aliphatic carbocycles. The maximum atomic E-state index is 6.15. The van der Waals surface area contributed by atoms with Gasteiger partial charge >= 0.3 is 0 Å². The Bertz CT molecular complexity index is 288. The second kappa shape index (κ2) is 4.87. The highest BCUT2D eigenvalue weighted by Crippen LogP contribution is 2.33. The molecule has 1 rings (SSSR count). The van der Waals surface area contributed by atoms with E-state index in [4.69, 9.17) is 16.3 Å². The van der Waals surface area contributed by atoms with Crippen LogP contribution >= 0.6 is 27.5 Å². The Morgan fingerprint density at radius 3 is 2.77 bits per heavy atom. The average molecular weight is 264 g/mol. The van der Waals surface area contributed by atoms with E-state index in [2.05, 4.69) is 22.9 Å². The Morgan fingerprint density at radius 2 is 2.23 bits per heavy atom. The van der Waals surface area contributed by atoms with Crippen LogP contribution in [0.4, 0.5) is 0 Å². The number of halogens is 2. The molecule has 0 fully saturated rings. The quantitative estimate of drug-likeness (QED) is 0.745. The third kappa shape index (κ3) is 2.61. The van der Waals surface area contributed by atoms with Crippen LogP contribution in [0.1, 0.15) is 24.3 Å². The largest absolute Gasteiger partial charge is 0.496 e. The molecular formula is C10H12BrClO. The Morgan fingerprint density at radius 1 is 1.54 bits per heavy atom. The van der Waals surface area contributed by atoms with Crippen LogP contribution in [0.3, 0.4) is 0 Å². The fraction of sp³-hybridized carbons (Fsp3) is 0.400. The highest BCUT2D eigenvalue weighted by atomic mass is 79.9. The smallest absolute Gasteiger partial charge is 0.123 e. The number of ether oxygens (including phenoxy) is 1. The molecule has 0 radical (unpaired) electrons. The maximum Gasteiger partial charge on any atom is 0.123 e. The number of hydrogen-bond donors (Lipinski definition) is 0. The number of benzene rings is 1. The molecule has 0 saturated heterocycles. The van der Waals surface area contributed by atoms with E-state index in [1.807, 2.05) is 18.2 Å². The number of alkyl halides is 1. The molecule has 13 heavy (non-hydrogen) atoms. The van der Waals surface area contributed by atoms with Crippen LogP contribution in [0.5, 0.6) is 5.75 Å². The van der Waals surface area contributed by atoms with E-state index in [1.165, 1.54) is 0 Å². The van der Waals surface area contributed by atoms with Crippen molar-refractivity contribution >= 4 is 27.5 Å². The van der Waals surface area contributed by atoms with E-state index in [-0.39, 0.29) is 5.38 Å². The first-order valence-corrected chi connectivity index (χ1v) is 5.39. The minimum Gasteiger partial charge on any atom is -0.496 e. The molecule has 3 heteroatoms. The van der Waals surface area contributed by atoms with Crippen molar-refractivity contribution in [3.63, 3.8) is 0 Å². The van der Waals surface area contributed by atoms with Crippen LogP contribution in [-0.2, 0) is 0 Å². The summed E-state index contributed by atoms with van der Waals surface area (Å²) in [6.45, 7) is 2.05. The van der Waals surface area contributed by atoms with Crippen molar-refractivity contribution in [2.45, 2.75) is 18.7 Å². The van der Waals surface area contributed by atoms with Crippen LogP contribution in [0, 0.1) is 0 Å². The molecule has 1 aromatic carbocycles. The van der Waals surface area contributed by atoms with Crippen LogP contribution < -0.4 is 4.74 Å². The molecule has 0 saturated carbocycles. The zero-order chi connectivity index (χ0) is 9.84. The summed E-state index contributed by atoms with van der Waals surface area (Å²) in [6, 6.07) is 5.87. The summed E-state index contributed by atoms with van der Waals surface area (Å²) in [5.41, 5.74) is 1.04. The summed E-state index contributed by atoms with van der Waals surface area (Å²) in [6.07, 6.45) is 0.897. The Kier molecular flexibility index (Phi) is 4.07. The maximum absolute atomic E-state index is 6.15. The minimum atomic E-state index is 0.0208. The number of rotatable bonds is 3. The summed E-state index contributed by atoms with van der Waals surface area (Å²) < 4.78 is 6.25. The third-order valence-corrected chi connectivity index (χ3v) is 2.92. The highest BCUT2D eigenvalue weighted by molar-refractivity contribution is 9.10. The molecule has 1 atom stereocenters. The van der Waals surface area contributed by atoms with Gasteiger partial charge in [-0.25, -0.2) is 0 Å². The molecule has 1 nitrogen and oxygen atoms in total. The van der Waals surface area contributed by atoms with Crippen molar-refractivity contribution in [3.05, 3.63) is 28.2 Å². The predicted molar refractivity (Wildman–Crippen MR) is 59.6 cm³/mol. The van der Waals surface area contributed by atoms with Gasteiger partial charge in [0, 0.05) is 10.0 Å². The van der Waals surface area contributed by atoms with Gasteiger partial charge in [-0.2, -0.15) is 0 Å². The first kappa shape index (κ1) is 10.9. The molecular weight excluding hydrogens is 251 g/mol. The fourth-order valence-corrected chi connectivity index (χ4v) is 1.72. The zero-order valence-electron chi connectivity index (χ0n) is 7.68. The van der Waals surface area contributed by atoms with Crippen molar-refractivity contribution in [2.75, 3.05) is 7.11 Å². The van der Waals surface area contributed by atoms with Gasteiger partial charge < -0.3 is 4.74 Å². The second-order valence-electron chi connectivity index (χ2n) is 2.76. The fourth-order valence-electron chi connectivity index (χ4n) is 1.17. The standard InChI is InChI=1S/C10H12BrClO/c1-3-9(12)8-6-7(11)4-5-10(8)13-2/h4-6,9H,3H2,1-2H3. The van der Waals surface area contributed by atoms with Gasteiger partial charge in [0.2, 0.25) is 0 Å². The van der Waals surface area contributed by atoms with Gasteiger partial charge in [0.15, 0.2) is 0 Å². The van der Waals surface area contributed by atoms with Gasteiger partial charge in [-0.1, -0.05) is 22.9 Å². The second-order valence-corrected chi connectivity index (χ2v) is 4.20. The molecule has 0 aliphatic rings. The van der Waals surface area contributed by atoms with Crippen molar-refractivity contribution < 1.29 is 4.74 Å². The van der Waals surface area contributed by atoms with E-state index >= 15 is 0 Å². The van der Waals surface area contributed by atoms with Crippen molar-refractivity contribution in [3.8, 4) is 5.75 Å². The lowest BCUT2D eigenvalue weighted by Crippen LogP contribution is -1.94. The van der Waals surface area contributed by atoms with Gasteiger partial charge in [-0.05, 0) is 24.6 Å². The lowest BCUT2D eigenvalue weighted by molar-refractivity contribution is 0.408. The van der Waals surface area contributed by atoms with E-state index in [0.717, 1.165) is 22.2 Å². The molecule has 0 bridgehead atoms. The van der Waals surface area contributed by atoms with Gasteiger partial charge in [0.1, 0.15) is 5.75 Å². The Balaban J connectivity index is 3.07. The molecule has 0 N–H and O–H groups in total. The zero-order valence-corrected chi connectivity index (χ0v) is 10.0. The van der Waals surface area contributed by atoms with Crippen LogP contribution in [0.15, 0.2) is 22.7 Å². The monoisotopic (exact) mass is 262 g/mol. The number of methoxy groups -OCH3 is 1. The van der Waals surface area contributed by atoms with Gasteiger partial charge in [-0.15, -0.1) is 11.6 Å². The molecule has 0 aromatic heterocycles. The predicted octanol–water partition coefficient (Wildman–Crippen LogP) is 4.15. The molecule has 0 spiro atoms. The SMILES string of the molecule is CCC(Cl)c1cc(Br)ccc1OC. The first-order valence-electron chi connectivity index (χ1n) is 4.16. The Labute approximate surface area is 92.2 Å². The summed E-state index contributed by atoms with van der Waals surface area (Å²) in [5.74, 6) is 0.852. The van der Waals surface area contributed by atoms with E-state index in [0.29, 0.717) is 0 Å². The van der Waals surface area contributed by atoms with Crippen molar-refractivity contribution in [1.82, 2.24) is 0 Å². The summed E-state index contributed by atoms with van der Waals surface area (Å²) in [5, 5.41) is 0.0208. The lowest BCUT2D eigenvalue weighted by Gasteiger charge is -2.12. The Hall–Kier alpha value is -0.210. The van der Waals surface area contributed by atoms with Crippen molar-refractivity contribution in [2.24, 2.45) is 0 Å². The van der Waals surface area contributed by atoms with Gasteiger partial charge in [0.25, 0.3) is 0 Å². The van der Waals surface area contributed by atoms with Crippen LogP contribution in [0.2, 0.25) is 0 Å². The lowest BCUT2D eigenvalue weighted by atomic mass is 10.1. The average Bonchev–Trinajstić information content (AvgIpc) is 2.16. The molecule has 0 aliphatic heterocycles. The van der Waals surface area contributed by atoms with Crippen LogP contribution in [-0.4, -0.2) is 7.11 Å². The summed E-state index contributed by atoms with van der Waals surface area (Å²) in [7, 11) is 1.66. The number of hydrogen-bond acceptors (Lipinski definition) is 1. The third-order valence-electron chi connectivity index (χ3n) is 1.89. The normalized spacial score (nSPS) is 12.6. The van der Waals surface area contributed by atoms with Crippen molar-refractivity contribution in [1.29, 1.82) is 0 Å². The molecule has 1 aromatic rings. The first-order chi connectivity index (χ1) is 6.19. The van der Waals surface area contributed by atoms with Gasteiger partial charge in [0.05, 0.1) is 12.5 Å². The minimum absolute atomic E-state index is 0.0208.